The van der Waals surface area contributed by atoms with Crippen LogP contribution in [0, 0.1) is 6.92 Å². The Kier molecular flexibility index (Phi) is 9.50. The fourth-order valence-corrected chi connectivity index (χ4v) is 6.20. The van der Waals surface area contributed by atoms with Crippen LogP contribution < -0.4 is 15.8 Å². The van der Waals surface area contributed by atoms with E-state index in [-0.39, 0.29) is 29.5 Å². The lowest BCUT2D eigenvalue weighted by Gasteiger charge is -2.36. The first-order valence-corrected chi connectivity index (χ1v) is 16.1. The summed E-state index contributed by atoms with van der Waals surface area (Å²) in [5.74, 6) is -0.212. The van der Waals surface area contributed by atoms with Gasteiger partial charge in [0.1, 0.15) is 24.3 Å². The highest BCUT2D eigenvalue weighted by Gasteiger charge is 2.32. The van der Waals surface area contributed by atoms with Crippen molar-refractivity contribution in [2.24, 2.45) is 0 Å². The van der Waals surface area contributed by atoms with Crippen LogP contribution in [0.15, 0.2) is 41.6 Å². The number of halogens is 3. The molecule has 1 saturated heterocycles. The third-order valence-electron chi connectivity index (χ3n) is 8.80. The second-order valence-corrected chi connectivity index (χ2v) is 11.8. The monoisotopic (exact) mass is 679 g/mol. The number of amides is 2. The van der Waals surface area contributed by atoms with E-state index in [1.165, 1.54) is 23.8 Å². The van der Waals surface area contributed by atoms with Gasteiger partial charge in [-0.3, -0.25) is 14.4 Å². The summed E-state index contributed by atoms with van der Waals surface area (Å²) in [4.78, 5) is 57.6. The minimum absolute atomic E-state index is 0.164. The minimum Gasteiger partial charge on any atom is -0.377 e. The number of carbonyl (C=O) groups excluding carboxylic acids is 2. The number of aromatic nitrogens is 6. The molecule has 49 heavy (non-hydrogen) atoms. The number of carbonyl (C=O) groups is 2. The van der Waals surface area contributed by atoms with E-state index in [0.717, 1.165) is 23.3 Å². The summed E-state index contributed by atoms with van der Waals surface area (Å²) in [7, 11) is 0. The normalized spacial score (nSPS) is 15.4. The highest BCUT2D eigenvalue weighted by atomic mass is 19.4. The number of nitrogens with zero attached hydrogens (tertiary/aromatic N) is 8. The van der Waals surface area contributed by atoms with Gasteiger partial charge in [0.25, 0.3) is 11.5 Å². The fraction of sp³-hybridized carbons (Fsp3) is 0.424. The van der Waals surface area contributed by atoms with Crippen LogP contribution in [0.5, 0.6) is 0 Å². The number of alkyl halides is 3. The molecule has 0 aliphatic carbocycles. The number of aryl methyl sites for hydroxylation is 2. The maximum Gasteiger partial charge on any atom is 0.416 e. The zero-order valence-electron chi connectivity index (χ0n) is 27.4. The molecule has 0 radical (unpaired) electrons. The van der Waals surface area contributed by atoms with Crippen LogP contribution in [-0.2, 0) is 35.1 Å². The predicted octanol–water partition coefficient (Wildman–Crippen LogP) is 3.54. The molecule has 1 fully saturated rings. The molecule has 0 unspecified atom stereocenters. The Morgan fingerprint density at radius 3 is 2.51 bits per heavy atom. The molecular weight excluding hydrogens is 643 g/mol. The summed E-state index contributed by atoms with van der Waals surface area (Å²) in [5, 5.41) is 7.29. The molecule has 2 amide bonds. The van der Waals surface area contributed by atoms with E-state index >= 15 is 0 Å². The average Bonchev–Trinajstić information content (AvgIpc) is 3.56. The number of hydrogen-bond donors (Lipinski definition) is 1. The van der Waals surface area contributed by atoms with Gasteiger partial charge in [-0.25, -0.2) is 9.97 Å². The van der Waals surface area contributed by atoms with Crippen LogP contribution >= 0.6 is 0 Å². The van der Waals surface area contributed by atoms with E-state index in [1.54, 1.807) is 15.7 Å². The van der Waals surface area contributed by atoms with Crippen LogP contribution in [0.2, 0.25) is 0 Å². The van der Waals surface area contributed by atoms with Crippen LogP contribution in [0.1, 0.15) is 59.0 Å². The van der Waals surface area contributed by atoms with Gasteiger partial charge in [-0.05, 0) is 55.5 Å². The van der Waals surface area contributed by atoms with Gasteiger partial charge in [0.05, 0.1) is 24.5 Å². The van der Waals surface area contributed by atoms with Gasteiger partial charge in [0.15, 0.2) is 5.82 Å². The molecule has 0 bridgehead atoms. The molecule has 1 aromatic carbocycles. The molecule has 258 valence electrons. The van der Waals surface area contributed by atoms with Gasteiger partial charge in [0.2, 0.25) is 11.7 Å². The molecule has 2 aliphatic heterocycles. The number of fused-ring (bicyclic) bond motifs is 1. The molecular formula is C33H36F3N9O4. The molecule has 13 nitrogen and oxygen atoms in total. The lowest BCUT2D eigenvalue weighted by atomic mass is 10.1. The minimum atomic E-state index is -4.51. The third kappa shape index (κ3) is 6.77. The highest BCUT2D eigenvalue weighted by Crippen LogP contribution is 2.32. The van der Waals surface area contributed by atoms with E-state index in [1.807, 2.05) is 24.8 Å². The fourth-order valence-electron chi connectivity index (χ4n) is 6.20. The second-order valence-electron chi connectivity index (χ2n) is 11.8. The van der Waals surface area contributed by atoms with E-state index in [0.29, 0.717) is 81.6 Å². The molecule has 16 heteroatoms. The molecule has 0 spiro atoms. The number of rotatable bonds is 8. The lowest BCUT2D eigenvalue weighted by Crippen LogP contribution is -2.51. The molecule has 1 N–H and O–H groups in total. The molecule has 2 aliphatic rings. The van der Waals surface area contributed by atoms with Gasteiger partial charge in [-0.1, -0.05) is 19.9 Å². The zero-order valence-corrected chi connectivity index (χ0v) is 27.4. The number of anilines is 2. The molecule has 6 rings (SSSR count). The Labute approximate surface area is 279 Å². The van der Waals surface area contributed by atoms with Gasteiger partial charge in [-0.15, -0.1) is 5.10 Å². The number of nitrogens with one attached hydrogen (secondary N) is 1. The van der Waals surface area contributed by atoms with E-state index in [4.69, 9.17) is 9.72 Å². The first-order valence-electron chi connectivity index (χ1n) is 16.1. The van der Waals surface area contributed by atoms with Gasteiger partial charge in [-0.2, -0.15) is 22.7 Å². The van der Waals surface area contributed by atoms with Crippen molar-refractivity contribution in [2.75, 3.05) is 49.6 Å². The summed E-state index contributed by atoms with van der Waals surface area (Å²) < 4.78 is 48.0. The Hall–Kier alpha value is -5.12. The Morgan fingerprint density at radius 2 is 1.86 bits per heavy atom. The Morgan fingerprint density at radius 1 is 1.08 bits per heavy atom. The Balaban J connectivity index is 1.34. The topological polar surface area (TPSA) is 140 Å². The average molecular weight is 680 g/mol. The highest BCUT2D eigenvalue weighted by molar-refractivity contribution is 5.94. The molecule has 5 heterocycles. The summed E-state index contributed by atoms with van der Waals surface area (Å²) in [6, 6.07) is 3.12. The van der Waals surface area contributed by atoms with Crippen LogP contribution in [0.3, 0.4) is 0 Å². The number of hydrogen-bond acceptors (Lipinski definition) is 9. The summed E-state index contributed by atoms with van der Waals surface area (Å²) in [6.07, 6.45) is 1.84. The van der Waals surface area contributed by atoms with Crippen LogP contribution in [-0.4, -0.2) is 85.2 Å². The second kappa shape index (κ2) is 13.8. The number of ether oxygens (including phenoxy) is 1. The van der Waals surface area contributed by atoms with Gasteiger partial charge >= 0.3 is 6.18 Å². The number of benzene rings is 1. The van der Waals surface area contributed by atoms with Crippen LogP contribution in [0.4, 0.5) is 24.5 Å². The smallest absolute Gasteiger partial charge is 0.377 e. The SMILES string of the molecule is CCc1cncnc1C(=O)N1CCN(c2c(CC)n(CC(=O)Nc3ccc(C(F)(F)F)cc3C)c3nc(C4=CCOCC4)nn3c2=O)CC1. The maximum absolute atomic E-state index is 14.2. The van der Waals surface area contributed by atoms with E-state index < -0.39 is 23.2 Å². The maximum atomic E-state index is 14.2. The number of piperazine rings is 1. The van der Waals surface area contributed by atoms with Crippen molar-refractivity contribution in [3.8, 4) is 0 Å². The summed E-state index contributed by atoms with van der Waals surface area (Å²) in [5.41, 5.74) is 2.07. The first-order chi connectivity index (χ1) is 23.5. The quantitative estimate of drug-likeness (QED) is 0.296. The standard InChI is InChI=1S/C33H36F3N9O4/c1-4-21-17-37-19-38-27(21)30(47)43-12-10-42(11-13-43)28-25(5-2)44(18-26(46)39-24-7-6-23(16-20(24)3)33(34,35)36)32-40-29(41-45(32)31(28)48)22-8-14-49-15-9-22/h6-8,16-17,19H,4-5,9-15,18H2,1-3H3,(H,39,46). The Bertz CT molecular complexity index is 2000. The van der Waals surface area contributed by atoms with Crippen molar-refractivity contribution in [1.82, 2.24) is 34.0 Å². The van der Waals surface area contributed by atoms with Crippen molar-refractivity contribution in [2.45, 2.75) is 52.8 Å². The summed E-state index contributed by atoms with van der Waals surface area (Å²) in [6.45, 7) is 7.19. The molecule has 3 aromatic heterocycles. The molecule has 0 atom stereocenters. The van der Waals surface area contributed by atoms with Crippen molar-refractivity contribution < 1.29 is 27.5 Å². The van der Waals surface area contributed by atoms with Crippen molar-refractivity contribution in [1.29, 1.82) is 0 Å². The largest absolute Gasteiger partial charge is 0.416 e. The van der Waals surface area contributed by atoms with Gasteiger partial charge < -0.3 is 24.4 Å². The van der Waals surface area contributed by atoms with E-state index in [9.17, 15) is 27.6 Å². The molecule has 4 aromatic rings. The van der Waals surface area contributed by atoms with Crippen LogP contribution in [0.25, 0.3) is 11.4 Å². The van der Waals surface area contributed by atoms with Crippen molar-refractivity contribution in [3.63, 3.8) is 0 Å². The van der Waals surface area contributed by atoms with Crippen molar-refractivity contribution >= 4 is 34.5 Å². The zero-order chi connectivity index (χ0) is 34.9. The first kappa shape index (κ1) is 33.8. The van der Waals surface area contributed by atoms with Crippen molar-refractivity contribution in [3.05, 3.63) is 81.1 Å². The predicted molar refractivity (Wildman–Crippen MR) is 174 cm³/mol. The van der Waals surface area contributed by atoms with E-state index in [2.05, 4.69) is 20.4 Å². The lowest BCUT2D eigenvalue weighted by molar-refractivity contribution is -0.137. The summed E-state index contributed by atoms with van der Waals surface area (Å²) >= 11 is 0. The molecule has 0 saturated carbocycles. The van der Waals surface area contributed by atoms with Gasteiger partial charge in [0, 0.05) is 43.6 Å². The third-order valence-corrected chi connectivity index (χ3v) is 8.80.